The highest BCUT2D eigenvalue weighted by atomic mass is 16.5. The van der Waals surface area contributed by atoms with Gasteiger partial charge in [0.2, 0.25) is 5.91 Å². The van der Waals surface area contributed by atoms with Crippen LogP contribution in [0, 0.1) is 17.8 Å². The minimum atomic E-state index is 0.306. The van der Waals surface area contributed by atoms with E-state index in [1.807, 2.05) is 0 Å². The lowest BCUT2D eigenvalue weighted by Crippen LogP contribution is -2.50. The van der Waals surface area contributed by atoms with Gasteiger partial charge in [0.1, 0.15) is 5.75 Å². The molecular formula is C26H38N2O2. The van der Waals surface area contributed by atoms with E-state index in [2.05, 4.69) is 34.1 Å². The molecule has 5 rings (SSSR count). The maximum Gasteiger partial charge on any atom is 0.225 e. The topological polar surface area (TPSA) is 32.8 Å². The Kier molecular flexibility index (Phi) is 6.04. The molecule has 0 aromatic heterocycles. The zero-order valence-corrected chi connectivity index (χ0v) is 18.6. The van der Waals surface area contributed by atoms with Crippen molar-refractivity contribution in [1.82, 2.24) is 9.80 Å². The Morgan fingerprint density at radius 1 is 0.967 bits per heavy atom. The molecule has 4 fully saturated rings. The molecule has 1 aromatic carbocycles. The molecule has 164 valence electrons. The monoisotopic (exact) mass is 410 g/mol. The Morgan fingerprint density at radius 2 is 1.73 bits per heavy atom. The molecule has 1 aromatic rings. The fraction of sp³-hybridized carbons (Fsp3) is 0.731. The van der Waals surface area contributed by atoms with Gasteiger partial charge in [-0.1, -0.05) is 37.8 Å². The smallest absolute Gasteiger partial charge is 0.225 e. The van der Waals surface area contributed by atoms with Crippen LogP contribution in [0.1, 0.15) is 69.3 Å². The molecule has 2 heterocycles. The summed E-state index contributed by atoms with van der Waals surface area (Å²) in [6.45, 7) is 4.51. The second-order valence-electron chi connectivity index (χ2n) is 10.3. The van der Waals surface area contributed by atoms with Crippen molar-refractivity contribution in [3.05, 3.63) is 29.8 Å². The summed E-state index contributed by atoms with van der Waals surface area (Å²) >= 11 is 0. The SMILES string of the molecule is COc1ccc([C@@H]2CN(C(=O)C3CCC3)[C@H]3CCN(CC4CCCCC4)C[C@@H]23)cc1. The third-order valence-electron chi connectivity index (χ3n) is 8.54. The highest BCUT2D eigenvalue weighted by Gasteiger charge is 2.48. The lowest BCUT2D eigenvalue weighted by Gasteiger charge is -2.41. The third kappa shape index (κ3) is 4.00. The van der Waals surface area contributed by atoms with Crippen molar-refractivity contribution in [2.75, 3.05) is 33.3 Å². The summed E-state index contributed by atoms with van der Waals surface area (Å²) in [6.07, 6.45) is 11.7. The molecule has 1 amide bonds. The zero-order valence-electron chi connectivity index (χ0n) is 18.6. The van der Waals surface area contributed by atoms with E-state index in [1.165, 1.54) is 57.2 Å². The van der Waals surface area contributed by atoms with E-state index in [9.17, 15) is 4.79 Å². The maximum atomic E-state index is 13.3. The third-order valence-corrected chi connectivity index (χ3v) is 8.54. The second kappa shape index (κ2) is 8.90. The van der Waals surface area contributed by atoms with Gasteiger partial charge in [-0.25, -0.2) is 0 Å². The Labute approximate surface area is 182 Å². The van der Waals surface area contributed by atoms with E-state index in [-0.39, 0.29) is 0 Å². The van der Waals surface area contributed by atoms with Crippen molar-refractivity contribution in [2.24, 2.45) is 17.8 Å². The van der Waals surface area contributed by atoms with Crippen LogP contribution in [0.5, 0.6) is 5.75 Å². The van der Waals surface area contributed by atoms with Crippen LogP contribution in [0.2, 0.25) is 0 Å². The molecule has 0 unspecified atom stereocenters. The number of fused-ring (bicyclic) bond motifs is 1. The average Bonchev–Trinajstić information content (AvgIpc) is 3.12. The lowest BCUT2D eigenvalue weighted by atomic mass is 9.80. The Morgan fingerprint density at radius 3 is 2.40 bits per heavy atom. The summed E-state index contributed by atoms with van der Waals surface area (Å²) in [5.74, 6) is 3.59. The van der Waals surface area contributed by atoms with Crippen LogP contribution in [0.4, 0.5) is 0 Å². The quantitative estimate of drug-likeness (QED) is 0.706. The summed E-state index contributed by atoms with van der Waals surface area (Å²) < 4.78 is 5.38. The van der Waals surface area contributed by atoms with Crippen LogP contribution < -0.4 is 4.74 Å². The predicted molar refractivity (Wildman–Crippen MR) is 120 cm³/mol. The number of rotatable bonds is 5. The van der Waals surface area contributed by atoms with Crippen molar-refractivity contribution >= 4 is 5.91 Å². The normalized spacial score (nSPS) is 30.7. The van der Waals surface area contributed by atoms with Gasteiger partial charge in [-0.3, -0.25) is 4.79 Å². The first-order valence-electron chi connectivity index (χ1n) is 12.4. The van der Waals surface area contributed by atoms with Crippen LogP contribution in [0.15, 0.2) is 24.3 Å². The van der Waals surface area contributed by atoms with Crippen LogP contribution in [-0.4, -0.2) is 55.0 Å². The van der Waals surface area contributed by atoms with Gasteiger partial charge in [-0.2, -0.15) is 0 Å². The number of hydrogen-bond donors (Lipinski definition) is 0. The number of ether oxygens (including phenoxy) is 1. The molecule has 3 atom stereocenters. The van der Waals surface area contributed by atoms with Gasteiger partial charge in [-0.15, -0.1) is 0 Å². The summed E-state index contributed by atoms with van der Waals surface area (Å²) in [6, 6.07) is 9.08. The number of methoxy groups -OCH3 is 1. The summed E-state index contributed by atoms with van der Waals surface area (Å²) in [7, 11) is 1.73. The first-order chi connectivity index (χ1) is 14.7. The van der Waals surface area contributed by atoms with Gasteiger partial charge in [-0.05, 0) is 55.7 Å². The molecule has 2 saturated heterocycles. The average molecular weight is 411 g/mol. The number of likely N-dealkylation sites (tertiary alicyclic amines) is 2. The van der Waals surface area contributed by atoms with Gasteiger partial charge < -0.3 is 14.5 Å². The number of carbonyl (C=O) groups excluding carboxylic acids is 1. The van der Waals surface area contributed by atoms with Crippen LogP contribution in [0.3, 0.4) is 0 Å². The number of piperidine rings is 1. The molecule has 2 aliphatic heterocycles. The fourth-order valence-electron chi connectivity index (χ4n) is 6.55. The molecule has 2 aliphatic carbocycles. The molecule has 0 N–H and O–H groups in total. The number of nitrogens with zero attached hydrogens (tertiary/aromatic N) is 2. The number of carbonyl (C=O) groups is 1. The van der Waals surface area contributed by atoms with E-state index in [0.29, 0.717) is 29.7 Å². The van der Waals surface area contributed by atoms with E-state index < -0.39 is 0 Å². The fourth-order valence-corrected chi connectivity index (χ4v) is 6.55. The first-order valence-corrected chi connectivity index (χ1v) is 12.4. The number of amides is 1. The Bertz CT molecular complexity index is 723. The Balaban J connectivity index is 1.33. The van der Waals surface area contributed by atoms with Crippen molar-refractivity contribution in [3.63, 3.8) is 0 Å². The lowest BCUT2D eigenvalue weighted by molar-refractivity contribution is -0.140. The molecule has 0 spiro atoms. The molecule has 4 heteroatoms. The van der Waals surface area contributed by atoms with Crippen LogP contribution in [-0.2, 0) is 4.79 Å². The van der Waals surface area contributed by atoms with Crippen LogP contribution >= 0.6 is 0 Å². The molecule has 0 radical (unpaired) electrons. The van der Waals surface area contributed by atoms with Crippen molar-refractivity contribution in [3.8, 4) is 5.75 Å². The minimum absolute atomic E-state index is 0.306. The Hall–Kier alpha value is -1.55. The van der Waals surface area contributed by atoms with Gasteiger partial charge in [0.25, 0.3) is 0 Å². The van der Waals surface area contributed by atoms with E-state index >= 15 is 0 Å². The molecule has 4 aliphatic rings. The van der Waals surface area contributed by atoms with Crippen molar-refractivity contribution < 1.29 is 9.53 Å². The van der Waals surface area contributed by atoms with Gasteiger partial charge in [0.05, 0.1) is 7.11 Å². The highest BCUT2D eigenvalue weighted by molar-refractivity contribution is 5.80. The molecule has 30 heavy (non-hydrogen) atoms. The van der Waals surface area contributed by atoms with Crippen LogP contribution in [0.25, 0.3) is 0 Å². The summed E-state index contributed by atoms with van der Waals surface area (Å²) in [5.41, 5.74) is 1.38. The predicted octanol–water partition coefficient (Wildman–Crippen LogP) is 4.69. The molecule has 0 bridgehead atoms. The number of benzene rings is 1. The van der Waals surface area contributed by atoms with E-state index in [4.69, 9.17) is 4.74 Å². The molecule has 4 nitrogen and oxygen atoms in total. The molecule has 2 saturated carbocycles. The second-order valence-corrected chi connectivity index (χ2v) is 10.3. The number of hydrogen-bond acceptors (Lipinski definition) is 3. The minimum Gasteiger partial charge on any atom is -0.497 e. The van der Waals surface area contributed by atoms with Gasteiger partial charge in [0.15, 0.2) is 0 Å². The van der Waals surface area contributed by atoms with Gasteiger partial charge >= 0.3 is 0 Å². The summed E-state index contributed by atoms with van der Waals surface area (Å²) in [4.78, 5) is 18.3. The zero-order chi connectivity index (χ0) is 20.5. The van der Waals surface area contributed by atoms with Gasteiger partial charge in [0, 0.05) is 50.0 Å². The summed E-state index contributed by atoms with van der Waals surface area (Å²) in [5, 5.41) is 0. The van der Waals surface area contributed by atoms with E-state index in [0.717, 1.165) is 44.0 Å². The molecular weight excluding hydrogens is 372 g/mol. The standard InChI is InChI=1S/C26H38N2O2/c1-30-22-12-10-20(11-13-22)23-18-28(26(29)21-8-5-9-21)25-14-15-27(17-24(23)25)16-19-6-3-2-4-7-19/h10-13,19,21,23-25H,2-9,14-18H2,1H3/t23-,24-,25-/m0/s1. The highest BCUT2D eigenvalue weighted by Crippen LogP contribution is 2.44. The first kappa shape index (κ1) is 20.4. The van der Waals surface area contributed by atoms with Crippen molar-refractivity contribution in [2.45, 2.75) is 69.7 Å². The maximum absolute atomic E-state index is 13.3. The van der Waals surface area contributed by atoms with E-state index in [1.54, 1.807) is 7.11 Å². The largest absolute Gasteiger partial charge is 0.497 e. The van der Waals surface area contributed by atoms with Crippen molar-refractivity contribution in [1.29, 1.82) is 0 Å².